The number of aromatic nitrogens is 2. The first-order valence-corrected chi connectivity index (χ1v) is 11.2. The van der Waals surface area contributed by atoms with E-state index in [9.17, 15) is 15.0 Å². The van der Waals surface area contributed by atoms with Crippen molar-refractivity contribution in [1.29, 1.82) is 0 Å². The van der Waals surface area contributed by atoms with Crippen LogP contribution in [-0.4, -0.2) is 49.7 Å². The van der Waals surface area contributed by atoms with Gasteiger partial charge in [-0.05, 0) is 57.7 Å². The molecule has 4 rings (SSSR count). The normalized spacial score (nSPS) is 21.3. The zero-order valence-corrected chi connectivity index (χ0v) is 17.9. The fourth-order valence-electron chi connectivity index (χ4n) is 4.33. The van der Waals surface area contributed by atoms with E-state index < -0.39 is 11.5 Å². The van der Waals surface area contributed by atoms with Gasteiger partial charge in [0, 0.05) is 17.8 Å². The number of hydrogen-bond donors (Lipinski definition) is 2. The van der Waals surface area contributed by atoms with Gasteiger partial charge in [-0.15, -0.1) is 0 Å². The van der Waals surface area contributed by atoms with Crippen molar-refractivity contribution in [2.75, 3.05) is 19.6 Å². The van der Waals surface area contributed by atoms with Gasteiger partial charge in [0.05, 0.1) is 12.6 Å². The van der Waals surface area contributed by atoms with Gasteiger partial charge >= 0.3 is 0 Å². The third kappa shape index (κ3) is 4.43. The van der Waals surface area contributed by atoms with Crippen LogP contribution in [-0.2, 0) is 13.0 Å². The van der Waals surface area contributed by atoms with Crippen LogP contribution >= 0.6 is 11.8 Å². The number of fused-ring (bicyclic) bond motifs is 1. The van der Waals surface area contributed by atoms with E-state index in [4.69, 9.17) is 0 Å². The Bertz CT molecular complexity index is 920. The predicted octanol–water partition coefficient (Wildman–Crippen LogP) is 2.27. The summed E-state index contributed by atoms with van der Waals surface area (Å²) in [7, 11) is 0. The summed E-state index contributed by atoms with van der Waals surface area (Å²) in [5.74, 6) is 0.279. The molecule has 0 amide bonds. The molecule has 6 nitrogen and oxygen atoms in total. The van der Waals surface area contributed by atoms with Crippen LogP contribution in [0.5, 0.6) is 0 Å². The number of hydrogen-bond acceptors (Lipinski definition) is 6. The number of piperidine rings is 1. The van der Waals surface area contributed by atoms with Crippen LogP contribution in [0.1, 0.15) is 41.3 Å². The van der Waals surface area contributed by atoms with Crippen LogP contribution in [0.2, 0.25) is 0 Å². The topological polar surface area (TPSA) is 78.6 Å². The minimum absolute atomic E-state index is 0.0128. The molecule has 0 spiro atoms. The van der Waals surface area contributed by atoms with Gasteiger partial charge in [-0.2, -0.15) is 0 Å². The van der Waals surface area contributed by atoms with Crippen molar-refractivity contribution >= 4 is 11.8 Å². The van der Waals surface area contributed by atoms with Gasteiger partial charge in [-0.3, -0.25) is 9.36 Å². The highest BCUT2D eigenvalue weighted by atomic mass is 32.2. The number of rotatable bonds is 5. The summed E-state index contributed by atoms with van der Waals surface area (Å²) in [6.45, 7) is 6.94. The van der Waals surface area contributed by atoms with Crippen molar-refractivity contribution in [3.05, 3.63) is 57.0 Å². The molecule has 0 aliphatic carbocycles. The molecule has 0 saturated carbocycles. The maximum absolute atomic E-state index is 12.8. The Hall–Kier alpha value is -1.67. The van der Waals surface area contributed by atoms with Crippen LogP contribution in [0, 0.1) is 19.8 Å². The average molecular weight is 416 g/mol. The summed E-state index contributed by atoms with van der Waals surface area (Å²) in [6, 6.07) is 8.16. The third-order valence-corrected chi connectivity index (χ3v) is 7.13. The molecule has 29 heavy (non-hydrogen) atoms. The first-order valence-electron chi connectivity index (χ1n) is 10.3. The number of aliphatic hydroxyl groups excluding tert-OH is 2. The fourth-order valence-corrected chi connectivity index (χ4v) is 5.27. The summed E-state index contributed by atoms with van der Waals surface area (Å²) in [6.07, 6.45) is 2.18. The van der Waals surface area contributed by atoms with Crippen molar-refractivity contribution < 1.29 is 10.2 Å². The molecular formula is C22H29N3O3S. The van der Waals surface area contributed by atoms with Gasteiger partial charge in [0.2, 0.25) is 0 Å². The minimum atomic E-state index is -0.580. The van der Waals surface area contributed by atoms with Gasteiger partial charge in [0.15, 0.2) is 5.16 Å². The predicted molar refractivity (Wildman–Crippen MR) is 114 cm³/mol. The lowest BCUT2D eigenvalue weighted by atomic mass is 9.87. The second-order valence-electron chi connectivity index (χ2n) is 8.23. The Balaban J connectivity index is 1.33. The first-order chi connectivity index (χ1) is 13.9. The molecule has 156 valence electrons. The van der Waals surface area contributed by atoms with Crippen molar-refractivity contribution in [2.24, 2.45) is 5.92 Å². The molecule has 2 unspecified atom stereocenters. The van der Waals surface area contributed by atoms with Gasteiger partial charge in [0.1, 0.15) is 5.44 Å². The Morgan fingerprint density at radius 3 is 2.59 bits per heavy atom. The molecule has 1 saturated heterocycles. The van der Waals surface area contributed by atoms with Crippen molar-refractivity contribution in [3.8, 4) is 0 Å². The summed E-state index contributed by atoms with van der Waals surface area (Å²) >= 11 is 1.25. The lowest BCUT2D eigenvalue weighted by Gasteiger charge is -2.34. The molecule has 2 atom stereocenters. The molecule has 1 fully saturated rings. The largest absolute Gasteiger partial charge is 0.388 e. The average Bonchev–Trinajstić information content (AvgIpc) is 3.08. The number of aryl methyl sites for hydroxylation is 2. The number of likely N-dealkylation sites (tertiary alicyclic amines) is 1. The molecule has 2 aliphatic rings. The Morgan fingerprint density at radius 2 is 1.90 bits per heavy atom. The first kappa shape index (κ1) is 20.6. The number of aliphatic hydroxyl groups is 2. The molecule has 7 heteroatoms. The Kier molecular flexibility index (Phi) is 6.11. The maximum Gasteiger partial charge on any atom is 0.257 e. The van der Waals surface area contributed by atoms with Crippen LogP contribution in [0.25, 0.3) is 0 Å². The van der Waals surface area contributed by atoms with E-state index in [0.717, 1.165) is 49.3 Å². The summed E-state index contributed by atoms with van der Waals surface area (Å²) in [5, 5.41) is 21.1. The monoisotopic (exact) mass is 415 g/mol. The molecular weight excluding hydrogens is 386 g/mol. The SMILES string of the molecule is Cc1ccc(C(O)C2CCN(CCc3c(C)nc4n(c3=O)CC(O)S4)CC2)cc1. The highest BCUT2D eigenvalue weighted by molar-refractivity contribution is 7.99. The van der Waals surface area contributed by atoms with E-state index in [1.807, 2.05) is 19.1 Å². The van der Waals surface area contributed by atoms with Gasteiger partial charge in [-0.1, -0.05) is 41.6 Å². The third-order valence-electron chi connectivity index (χ3n) is 6.19. The molecule has 2 aromatic rings. The van der Waals surface area contributed by atoms with E-state index in [2.05, 4.69) is 28.9 Å². The van der Waals surface area contributed by atoms with E-state index in [1.54, 1.807) is 4.57 Å². The van der Waals surface area contributed by atoms with Crippen LogP contribution < -0.4 is 5.56 Å². The standard InChI is InChI=1S/C22H29N3O3S/c1-14-3-5-16(6-4-14)20(27)17-7-10-24(11-8-17)12-9-18-15(2)23-22-25(21(18)28)13-19(26)29-22/h3-6,17,19-20,26-27H,7-13H2,1-2H3. The molecule has 1 aromatic carbocycles. The minimum Gasteiger partial charge on any atom is -0.388 e. The lowest BCUT2D eigenvalue weighted by Crippen LogP contribution is -2.38. The second kappa shape index (κ2) is 8.60. The summed E-state index contributed by atoms with van der Waals surface area (Å²) in [4.78, 5) is 19.7. The van der Waals surface area contributed by atoms with Crippen LogP contribution in [0.3, 0.4) is 0 Å². The molecule has 0 bridgehead atoms. The van der Waals surface area contributed by atoms with Crippen LogP contribution in [0.15, 0.2) is 34.2 Å². The number of benzene rings is 1. The highest BCUT2D eigenvalue weighted by Gasteiger charge is 2.28. The molecule has 3 heterocycles. The van der Waals surface area contributed by atoms with E-state index in [0.29, 0.717) is 18.1 Å². The zero-order valence-electron chi connectivity index (χ0n) is 17.0. The highest BCUT2D eigenvalue weighted by Crippen LogP contribution is 2.31. The molecule has 0 radical (unpaired) electrons. The fraction of sp³-hybridized carbons (Fsp3) is 0.545. The van der Waals surface area contributed by atoms with E-state index in [-0.39, 0.29) is 11.5 Å². The van der Waals surface area contributed by atoms with E-state index in [1.165, 1.54) is 17.3 Å². The smallest absolute Gasteiger partial charge is 0.257 e. The second-order valence-corrected chi connectivity index (χ2v) is 9.38. The number of thioether (sulfide) groups is 1. The van der Waals surface area contributed by atoms with Gasteiger partial charge in [0.25, 0.3) is 5.56 Å². The summed E-state index contributed by atoms with van der Waals surface area (Å²) in [5.41, 5.74) is 3.14. The molecule has 1 aromatic heterocycles. The van der Waals surface area contributed by atoms with Gasteiger partial charge < -0.3 is 15.1 Å². The molecule has 2 aliphatic heterocycles. The molecule has 2 N–H and O–H groups in total. The van der Waals surface area contributed by atoms with Gasteiger partial charge in [-0.25, -0.2) is 4.98 Å². The quantitative estimate of drug-likeness (QED) is 0.730. The summed E-state index contributed by atoms with van der Waals surface area (Å²) < 4.78 is 1.60. The Labute approximate surface area is 175 Å². The maximum atomic E-state index is 12.8. The van der Waals surface area contributed by atoms with E-state index >= 15 is 0 Å². The van der Waals surface area contributed by atoms with Crippen molar-refractivity contribution in [3.63, 3.8) is 0 Å². The van der Waals surface area contributed by atoms with Crippen molar-refractivity contribution in [2.45, 2.75) is 56.4 Å². The van der Waals surface area contributed by atoms with Crippen LogP contribution in [0.4, 0.5) is 0 Å². The Morgan fingerprint density at radius 1 is 1.21 bits per heavy atom. The number of nitrogens with zero attached hydrogens (tertiary/aromatic N) is 3. The van der Waals surface area contributed by atoms with Crippen molar-refractivity contribution in [1.82, 2.24) is 14.5 Å². The lowest BCUT2D eigenvalue weighted by molar-refractivity contribution is 0.0592. The zero-order chi connectivity index (χ0) is 20.5.